The maximum Gasteiger partial charge on any atom is 0.250 e. The fraction of sp³-hybridized carbons (Fsp3) is 0. The molecule has 0 amide bonds. The van der Waals surface area contributed by atoms with Crippen molar-refractivity contribution in [1.82, 2.24) is 15.0 Å². The third kappa shape index (κ3) is 4.89. The Kier molecular flexibility index (Phi) is 5.50. The van der Waals surface area contributed by atoms with E-state index < -0.39 is 0 Å². The van der Waals surface area contributed by atoms with Gasteiger partial charge in [-0.3, -0.25) is 0 Å². The van der Waals surface area contributed by atoms with Gasteiger partial charge in [0, 0.05) is 16.3 Å². The number of benzene rings is 2. The van der Waals surface area contributed by atoms with Crippen molar-refractivity contribution in [2.75, 3.05) is 16.1 Å². The fourth-order valence-corrected chi connectivity index (χ4v) is 2.94. The summed E-state index contributed by atoms with van der Waals surface area (Å²) in [4.78, 5) is 14.3. The maximum absolute atomic E-state index is 4.45. The highest BCUT2D eigenvalue weighted by Crippen LogP contribution is 2.18. The number of rotatable bonds is 7. The fourth-order valence-electron chi connectivity index (χ4n) is 2.36. The van der Waals surface area contributed by atoms with E-state index in [1.165, 1.54) is 0 Å². The second-order valence-corrected chi connectivity index (χ2v) is 6.65. The molecular weight excluding hydrogens is 370 g/mol. The first-order valence-corrected chi connectivity index (χ1v) is 9.46. The van der Waals surface area contributed by atoms with Gasteiger partial charge in [-0.2, -0.15) is 20.1 Å². The molecule has 0 atom stereocenters. The van der Waals surface area contributed by atoms with Crippen LogP contribution in [0.4, 0.5) is 29.2 Å². The van der Waals surface area contributed by atoms with E-state index in [4.69, 9.17) is 0 Å². The normalized spacial score (nSPS) is 10.7. The van der Waals surface area contributed by atoms with Crippen LogP contribution in [0.25, 0.3) is 0 Å². The van der Waals surface area contributed by atoms with E-state index in [0.717, 1.165) is 16.3 Å². The molecule has 0 saturated carbocycles. The first-order valence-electron chi connectivity index (χ1n) is 8.58. The molecule has 0 saturated heterocycles. The van der Waals surface area contributed by atoms with Gasteiger partial charge in [-0.05, 0) is 35.7 Å². The molecule has 0 radical (unpaired) electrons. The number of hydrogen-bond donors (Lipinski definition) is 3. The molecule has 138 valence electrons. The molecule has 7 nitrogen and oxygen atoms in total. The summed E-state index contributed by atoms with van der Waals surface area (Å²) in [6.07, 6.45) is 1.73. The van der Waals surface area contributed by atoms with Crippen molar-refractivity contribution in [3.05, 3.63) is 83.1 Å². The Balaban J connectivity index is 1.58. The number of anilines is 5. The van der Waals surface area contributed by atoms with Crippen molar-refractivity contribution in [2.24, 2.45) is 5.10 Å². The van der Waals surface area contributed by atoms with Crippen LogP contribution in [0.3, 0.4) is 0 Å². The molecule has 0 unspecified atom stereocenters. The Morgan fingerprint density at radius 3 is 1.79 bits per heavy atom. The van der Waals surface area contributed by atoms with Crippen LogP contribution in [0.15, 0.2) is 83.3 Å². The molecule has 0 bridgehead atoms. The molecule has 2 heterocycles. The third-order valence-corrected chi connectivity index (χ3v) is 4.40. The summed E-state index contributed by atoms with van der Waals surface area (Å²) in [5.41, 5.74) is 4.63. The minimum atomic E-state index is 0.333. The summed E-state index contributed by atoms with van der Waals surface area (Å²) >= 11 is 1.60. The van der Waals surface area contributed by atoms with Crippen LogP contribution in [0.5, 0.6) is 0 Å². The van der Waals surface area contributed by atoms with Crippen molar-refractivity contribution in [2.45, 2.75) is 0 Å². The number of thiophene rings is 1. The van der Waals surface area contributed by atoms with E-state index >= 15 is 0 Å². The minimum Gasteiger partial charge on any atom is -0.324 e. The number of nitrogens with zero attached hydrogens (tertiary/aromatic N) is 4. The molecule has 0 aliphatic carbocycles. The SMILES string of the molecule is C(=NNc1nc(Nc2ccccc2)nc(Nc2ccccc2)n1)c1cccs1. The van der Waals surface area contributed by atoms with Gasteiger partial charge >= 0.3 is 0 Å². The standard InChI is InChI=1S/C20H17N7S/c1-3-8-15(9-4-1)22-18-24-19(23-16-10-5-2-6-11-16)26-20(25-18)27-21-14-17-12-7-13-28-17/h1-14H,(H3,22,23,24,25,26,27). The van der Waals surface area contributed by atoms with Gasteiger partial charge in [0.15, 0.2) is 0 Å². The molecule has 2 aromatic carbocycles. The van der Waals surface area contributed by atoms with E-state index in [2.05, 4.69) is 36.1 Å². The van der Waals surface area contributed by atoms with E-state index in [1.54, 1.807) is 17.6 Å². The lowest BCUT2D eigenvalue weighted by molar-refractivity contribution is 1.04. The van der Waals surface area contributed by atoms with Crippen molar-refractivity contribution >= 4 is 46.8 Å². The van der Waals surface area contributed by atoms with Gasteiger partial charge in [0.1, 0.15) is 0 Å². The molecule has 28 heavy (non-hydrogen) atoms. The second kappa shape index (κ2) is 8.74. The molecule has 0 aliphatic heterocycles. The maximum atomic E-state index is 4.45. The van der Waals surface area contributed by atoms with E-state index in [1.807, 2.05) is 78.2 Å². The van der Waals surface area contributed by atoms with Gasteiger partial charge in [0.05, 0.1) is 6.21 Å². The Morgan fingerprint density at radius 2 is 1.25 bits per heavy atom. The molecular formula is C20H17N7S. The summed E-state index contributed by atoms with van der Waals surface area (Å²) in [6.45, 7) is 0. The summed E-state index contributed by atoms with van der Waals surface area (Å²) in [5.74, 6) is 1.15. The number of nitrogens with one attached hydrogen (secondary N) is 3. The van der Waals surface area contributed by atoms with Crippen LogP contribution in [0.1, 0.15) is 4.88 Å². The van der Waals surface area contributed by atoms with Crippen LogP contribution in [-0.4, -0.2) is 21.2 Å². The van der Waals surface area contributed by atoms with Gasteiger partial charge in [0.2, 0.25) is 17.8 Å². The lowest BCUT2D eigenvalue weighted by Crippen LogP contribution is -2.07. The first kappa shape index (κ1) is 17.6. The van der Waals surface area contributed by atoms with Crippen molar-refractivity contribution in [3.63, 3.8) is 0 Å². The molecule has 0 spiro atoms. The molecule has 4 rings (SSSR count). The van der Waals surface area contributed by atoms with Crippen molar-refractivity contribution < 1.29 is 0 Å². The Labute approximate surface area is 166 Å². The summed E-state index contributed by atoms with van der Waals surface area (Å²) < 4.78 is 0. The van der Waals surface area contributed by atoms with Crippen LogP contribution in [0.2, 0.25) is 0 Å². The van der Waals surface area contributed by atoms with E-state index in [9.17, 15) is 0 Å². The molecule has 8 heteroatoms. The monoisotopic (exact) mass is 387 g/mol. The zero-order chi connectivity index (χ0) is 19.0. The smallest absolute Gasteiger partial charge is 0.250 e. The average Bonchev–Trinajstić information content (AvgIpc) is 3.23. The Morgan fingerprint density at radius 1 is 0.679 bits per heavy atom. The number of para-hydroxylation sites is 2. The highest BCUT2D eigenvalue weighted by molar-refractivity contribution is 7.11. The largest absolute Gasteiger partial charge is 0.324 e. The lowest BCUT2D eigenvalue weighted by atomic mass is 10.3. The Bertz CT molecular complexity index is 975. The number of hydrogen-bond acceptors (Lipinski definition) is 8. The molecule has 2 aromatic heterocycles. The first-order chi connectivity index (χ1) is 13.8. The van der Waals surface area contributed by atoms with E-state index in [0.29, 0.717) is 17.8 Å². The van der Waals surface area contributed by atoms with Crippen molar-refractivity contribution in [1.29, 1.82) is 0 Å². The van der Waals surface area contributed by atoms with Crippen LogP contribution in [0, 0.1) is 0 Å². The van der Waals surface area contributed by atoms with Gasteiger partial charge < -0.3 is 10.6 Å². The van der Waals surface area contributed by atoms with Crippen molar-refractivity contribution in [3.8, 4) is 0 Å². The number of hydrazone groups is 1. The quantitative estimate of drug-likeness (QED) is 0.310. The molecule has 0 fully saturated rings. The van der Waals surface area contributed by atoms with Gasteiger partial charge in [0.25, 0.3) is 0 Å². The minimum absolute atomic E-state index is 0.333. The van der Waals surface area contributed by atoms with Gasteiger partial charge in [-0.25, -0.2) is 5.43 Å². The highest BCUT2D eigenvalue weighted by Gasteiger charge is 2.07. The average molecular weight is 387 g/mol. The van der Waals surface area contributed by atoms with Crippen LogP contribution < -0.4 is 16.1 Å². The number of aromatic nitrogens is 3. The predicted molar refractivity (Wildman–Crippen MR) is 115 cm³/mol. The van der Waals surface area contributed by atoms with Gasteiger partial charge in [-0.15, -0.1) is 11.3 Å². The summed E-state index contributed by atoms with van der Waals surface area (Å²) in [5, 5.41) is 12.6. The summed E-state index contributed by atoms with van der Waals surface area (Å²) in [7, 11) is 0. The van der Waals surface area contributed by atoms with E-state index in [-0.39, 0.29) is 0 Å². The summed E-state index contributed by atoms with van der Waals surface area (Å²) in [6, 6.07) is 23.4. The zero-order valence-corrected chi connectivity index (χ0v) is 15.6. The van der Waals surface area contributed by atoms with Crippen LogP contribution >= 0.6 is 11.3 Å². The topological polar surface area (TPSA) is 87.1 Å². The third-order valence-electron chi connectivity index (χ3n) is 3.59. The zero-order valence-electron chi connectivity index (χ0n) is 14.8. The predicted octanol–water partition coefficient (Wildman–Crippen LogP) is 4.87. The Hall–Kier alpha value is -3.78. The lowest BCUT2D eigenvalue weighted by Gasteiger charge is -2.10. The molecule has 4 aromatic rings. The van der Waals surface area contributed by atoms with Gasteiger partial charge in [-0.1, -0.05) is 42.5 Å². The highest BCUT2D eigenvalue weighted by atomic mass is 32.1. The second-order valence-electron chi connectivity index (χ2n) is 5.67. The van der Waals surface area contributed by atoms with Crippen LogP contribution in [-0.2, 0) is 0 Å². The molecule has 0 aliphatic rings. The molecule has 3 N–H and O–H groups in total.